The van der Waals surface area contributed by atoms with Gasteiger partial charge in [0.15, 0.2) is 10.1 Å². The molecule has 156 valence electrons. The first-order valence-corrected chi connectivity index (χ1v) is 9.02. The van der Waals surface area contributed by atoms with Crippen LogP contribution in [0.2, 0.25) is 0 Å². The molecule has 1 heterocycles. The molecule has 1 atom stereocenters. The predicted molar refractivity (Wildman–Crippen MR) is 78.9 cm³/mol. The molecule has 1 aliphatic rings. The van der Waals surface area contributed by atoms with Crippen molar-refractivity contribution in [2.75, 3.05) is 19.8 Å². The first-order chi connectivity index (χ1) is 12.3. The molecule has 0 bridgehead atoms. The fraction of sp³-hybridized carbons (Fsp3) is 0.714. The SMILES string of the molecule is C=C(COCCCCC(F)(F)C(F)(F)S(=O)(=O)[O-])C(=O)OC1COC(=O)C1. The highest BCUT2D eigenvalue weighted by Gasteiger charge is 2.60. The molecule has 0 spiro atoms. The van der Waals surface area contributed by atoms with Crippen LogP contribution in [0.1, 0.15) is 25.7 Å². The van der Waals surface area contributed by atoms with Crippen LogP contribution in [0.15, 0.2) is 12.2 Å². The van der Waals surface area contributed by atoms with E-state index in [4.69, 9.17) is 9.47 Å². The van der Waals surface area contributed by atoms with Crippen molar-refractivity contribution in [2.45, 2.75) is 43.0 Å². The number of ether oxygens (including phenoxy) is 3. The lowest BCUT2D eigenvalue weighted by Gasteiger charge is -2.28. The summed E-state index contributed by atoms with van der Waals surface area (Å²) in [4.78, 5) is 22.5. The van der Waals surface area contributed by atoms with Crippen molar-refractivity contribution in [1.82, 2.24) is 0 Å². The van der Waals surface area contributed by atoms with Crippen LogP contribution in [0, 0.1) is 0 Å². The number of unbranched alkanes of at least 4 members (excludes halogenated alkanes) is 1. The third-order valence-corrected chi connectivity index (χ3v) is 4.36. The van der Waals surface area contributed by atoms with Gasteiger partial charge in [-0.2, -0.15) is 17.6 Å². The zero-order valence-electron chi connectivity index (χ0n) is 13.9. The lowest BCUT2D eigenvalue weighted by atomic mass is 10.1. The van der Waals surface area contributed by atoms with Gasteiger partial charge in [0, 0.05) is 13.0 Å². The molecule has 0 radical (unpaired) electrons. The third-order valence-electron chi connectivity index (χ3n) is 3.43. The molecular formula is C14H17F4O8S-. The van der Waals surface area contributed by atoms with Crippen molar-refractivity contribution >= 4 is 22.1 Å². The van der Waals surface area contributed by atoms with Gasteiger partial charge in [-0.25, -0.2) is 13.2 Å². The van der Waals surface area contributed by atoms with Crippen LogP contribution in [-0.4, -0.2) is 62.0 Å². The zero-order chi connectivity index (χ0) is 20.9. The van der Waals surface area contributed by atoms with E-state index in [0.29, 0.717) is 0 Å². The van der Waals surface area contributed by atoms with Gasteiger partial charge < -0.3 is 18.8 Å². The summed E-state index contributed by atoms with van der Waals surface area (Å²) in [6.45, 7) is 2.76. The molecule has 0 aromatic carbocycles. The first kappa shape index (κ1) is 23.3. The second-order valence-corrected chi connectivity index (χ2v) is 7.12. The number of hydrogen-bond acceptors (Lipinski definition) is 8. The van der Waals surface area contributed by atoms with Gasteiger partial charge in [0.1, 0.15) is 12.7 Å². The molecule has 0 aromatic heterocycles. The number of cyclic esters (lactones) is 1. The quantitative estimate of drug-likeness (QED) is 0.161. The predicted octanol–water partition coefficient (Wildman–Crippen LogP) is 1.36. The van der Waals surface area contributed by atoms with Gasteiger partial charge in [0.2, 0.25) is 0 Å². The van der Waals surface area contributed by atoms with Gasteiger partial charge in [-0.05, 0) is 12.8 Å². The summed E-state index contributed by atoms with van der Waals surface area (Å²) in [6.07, 6.45) is -3.08. The molecule has 1 unspecified atom stereocenters. The standard InChI is InChI=1S/C14H18F4O8S/c1-9(12(20)26-10-6-11(19)25-8-10)7-24-5-3-2-4-13(15,16)14(17,18)27(21,22)23/h10H,1-8H2,(H,21,22,23)/p-1. The molecule has 0 N–H and O–H groups in total. The Morgan fingerprint density at radius 3 is 2.44 bits per heavy atom. The molecule has 8 nitrogen and oxygen atoms in total. The minimum absolute atomic E-state index is 0.0728. The van der Waals surface area contributed by atoms with Gasteiger partial charge in [0.05, 0.1) is 18.6 Å². The Morgan fingerprint density at radius 2 is 1.93 bits per heavy atom. The second kappa shape index (κ2) is 8.97. The van der Waals surface area contributed by atoms with E-state index in [1.54, 1.807) is 0 Å². The number of carbonyl (C=O) groups is 2. The fourth-order valence-corrected chi connectivity index (χ4v) is 2.40. The maximum absolute atomic E-state index is 13.2. The van der Waals surface area contributed by atoms with Crippen LogP contribution < -0.4 is 0 Å². The minimum Gasteiger partial charge on any atom is -0.743 e. The Bertz CT molecular complexity index is 677. The molecule has 0 aliphatic carbocycles. The van der Waals surface area contributed by atoms with E-state index < -0.39 is 52.2 Å². The van der Waals surface area contributed by atoms with Crippen LogP contribution >= 0.6 is 0 Å². The number of carbonyl (C=O) groups excluding carboxylic acids is 2. The minimum atomic E-state index is -6.50. The highest BCUT2D eigenvalue weighted by atomic mass is 32.2. The summed E-state index contributed by atoms with van der Waals surface area (Å²) in [5, 5.41) is -5.70. The van der Waals surface area contributed by atoms with E-state index in [-0.39, 0.29) is 38.2 Å². The monoisotopic (exact) mass is 421 g/mol. The van der Waals surface area contributed by atoms with Crippen LogP contribution in [0.4, 0.5) is 17.6 Å². The fourth-order valence-electron chi connectivity index (χ4n) is 1.93. The largest absolute Gasteiger partial charge is 0.743 e. The summed E-state index contributed by atoms with van der Waals surface area (Å²) >= 11 is 0. The molecule has 1 aliphatic heterocycles. The summed E-state index contributed by atoms with van der Waals surface area (Å²) in [7, 11) is -6.50. The smallest absolute Gasteiger partial charge is 0.396 e. The Balaban J connectivity index is 2.25. The highest BCUT2D eigenvalue weighted by molar-refractivity contribution is 7.86. The van der Waals surface area contributed by atoms with Gasteiger partial charge in [-0.1, -0.05) is 6.58 Å². The number of hydrogen-bond donors (Lipinski definition) is 0. The normalized spacial score (nSPS) is 18.3. The van der Waals surface area contributed by atoms with Gasteiger partial charge >= 0.3 is 23.1 Å². The topological polar surface area (TPSA) is 119 Å². The van der Waals surface area contributed by atoms with E-state index in [1.165, 1.54) is 0 Å². The lowest BCUT2D eigenvalue weighted by molar-refractivity contribution is -0.165. The first-order valence-electron chi connectivity index (χ1n) is 7.61. The molecule has 1 rings (SSSR count). The van der Waals surface area contributed by atoms with Crippen LogP contribution in [0.5, 0.6) is 0 Å². The molecule has 27 heavy (non-hydrogen) atoms. The second-order valence-electron chi connectivity index (χ2n) is 5.70. The zero-order valence-corrected chi connectivity index (χ0v) is 14.7. The molecule has 0 amide bonds. The van der Waals surface area contributed by atoms with Crippen molar-refractivity contribution in [3.05, 3.63) is 12.2 Å². The maximum Gasteiger partial charge on any atom is 0.396 e. The lowest BCUT2D eigenvalue weighted by Crippen LogP contribution is -2.46. The van der Waals surface area contributed by atoms with Crippen molar-refractivity contribution in [3.8, 4) is 0 Å². The summed E-state index contributed by atoms with van der Waals surface area (Å²) in [5.41, 5.74) is -0.122. The Kier molecular flexibility index (Phi) is 7.75. The van der Waals surface area contributed by atoms with Crippen LogP contribution in [0.25, 0.3) is 0 Å². The average Bonchev–Trinajstić information content (AvgIpc) is 2.94. The third kappa shape index (κ3) is 6.43. The summed E-state index contributed by atoms with van der Waals surface area (Å²) < 4.78 is 97.3. The highest BCUT2D eigenvalue weighted by Crippen LogP contribution is 2.41. The number of halogens is 4. The number of rotatable bonds is 11. The maximum atomic E-state index is 13.2. The van der Waals surface area contributed by atoms with E-state index >= 15 is 0 Å². The number of alkyl halides is 4. The molecule has 1 fully saturated rings. The Labute approximate surface area is 152 Å². The Hall–Kier alpha value is -1.73. The van der Waals surface area contributed by atoms with Gasteiger partial charge in [-0.15, -0.1) is 0 Å². The average molecular weight is 421 g/mol. The molecule has 1 saturated heterocycles. The van der Waals surface area contributed by atoms with Crippen LogP contribution in [0.3, 0.4) is 0 Å². The van der Waals surface area contributed by atoms with E-state index in [0.717, 1.165) is 0 Å². The Morgan fingerprint density at radius 1 is 1.30 bits per heavy atom. The molecule has 0 aromatic rings. The molecule has 0 saturated carbocycles. The summed E-state index contributed by atoms with van der Waals surface area (Å²) in [6, 6.07) is 0. The van der Waals surface area contributed by atoms with Gasteiger partial charge in [-0.3, -0.25) is 4.79 Å². The molecule has 13 heteroatoms. The van der Waals surface area contributed by atoms with Crippen molar-refractivity contribution in [2.24, 2.45) is 0 Å². The van der Waals surface area contributed by atoms with Gasteiger partial charge in [0.25, 0.3) is 0 Å². The van der Waals surface area contributed by atoms with Crippen LogP contribution in [-0.2, 0) is 33.9 Å². The summed E-state index contributed by atoms with van der Waals surface area (Å²) in [5.74, 6) is -6.37. The van der Waals surface area contributed by atoms with Crippen molar-refractivity contribution in [1.29, 1.82) is 0 Å². The van der Waals surface area contributed by atoms with E-state index in [2.05, 4.69) is 11.3 Å². The number of esters is 2. The van der Waals surface area contributed by atoms with E-state index in [1.807, 2.05) is 0 Å². The van der Waals surface area contributed by atoms with E-state index in [9.17, 15) is 40.1 Å². The van der Waals surface area contributed by atoms with Crippen molar-refractivity contribution in [3.63, 3.8) is 0 Å². The molecular weight excluding hydrogens is 404 g/mol. The van der Waals surface area contributed by atoms with Crippen molar-refractivity contribution < 1.29 is 54.3 Å².